The first-order valence-electron chi connectivity index (χ1n) is 4.47. The Balaban J connectivity index is 1.99. The smallest absolute Gasteiger partial charge is 0.282 e. The number of hydrogen-bond donors (Lipinski definition) is 1. The van der Waals surface area contributed by atoms with Gasteiger partial charge in [0.2, 0.25) is 0 Å². The average molecular weight is 212 g/mol. The van der Waals surface area contributed by atoms with E-state index in [1.54, 1.807) is 11.2 Å². The molecule has 5 heteroatoms. The zero-order chi connectivity index (χ0) is 9.97. The number of rotatable bonds is 3. The van der Waals surface area contributed by atoms with Gasteiger partial charge in [0.1, 0.15) is 5.76 Å². The Bertz CT molecular complexity index is 337. The van der Waals surface area contributed by atoms with E-state index in [0.29, 0.717) is 13.1 Å². The van der Waals surface area contributed by atoms with Crippen molar-refractivity contribution < 1.29 is 9.21 Å². The highest BCUT2D eigenvalue weighted by Gasteiger charge is 2.21. The first-order chi connectivity index (χ1) is 6.79. The van der Waals surface area contributed by atoms with Crippen LogP contribution in [0.25, 0.3) is 0 Å². The molecule has 0 atom stereocenters. The molecule has 14 heavy (non-hydrogen) atoms. The largest absolute Gasteiger partial charge is 0.467 e. The van der Waals surface area contributed by atoms with E-state index in [1.807, 2.05) is 6.07 Å². The van der Waals surface area contributed by atoms with Gasteiger partial charge >= 0.3 is 0 Å². The highest BCUT2D eigenvalue weighted by molar-refractivity contribution is 8.13. The zero-order valence-corrected chi connectivity index (χ0v) is 8.55. The molecule has 1 saturated heterocycles. The van der Waals surface area contributed by atoms with Gasteiger partial charge in [-0.2, -0.15) is 0 Å². The first-order valence-corrected chi connectivity index (χ1v) is 5.46. The lowest BCUT2D eigenvalue weighted by Crippen LogP contribution is -2.22. The molecule has 0 saturated carbocycles. The molecule has 1 fully saturated rings. The van der Waals surface area contributed by atoms with Crippen molar-refractivity contribution in [2.45, 2.75) is 13.1 Å². The van der Waals surface area contributed by atoms with E-state index in [-0.39, 0.29) is 5.24 Å². The second kappa shape index (κ2) is 4.06. The highest BCUT2D eigenvalue weighted by Crippen LogP contribution is 2.20. The van der Waals surface area contributed by atoms with Crippen LogP contribution in [-0.2, 0) is 13.1 Å². The van der Waals surface area contributed by atoms with Gasteiger partial charge in [-0.05, 0) is 6.07 Å². The van der Waals surface area contributed by atoms with Crippen LogP contribution in [0.5, 0.6) is 0 Å². The molecule has 2 heterocycles. The minimum atomic E-state index is 0.135. The van der Waals surface area contributed by atoms with E-state index in [0.717, 1.165) is 23.6 Å². The van der Waals surface area contributed by atoms with Gasteiger partial charge in [0, 0.05) is 24.4 Å². The monoisotopic (exact) mass is 212 g/mol. The van der Waals surface area contributed by atoms with Crippen LogP contribution in [0.1, 0.15) is 11.3 Å². The van der Waals surface area contributed by atoms with Gasteiger partial charge in [-0.15, -0.1) is 0 Å². The topological polar surface area (TPSA) is 59.5 Å². The highest BCUT2D eigenvalue weighted by atomic mass is 32.2. The molecule has 1 aromatic rings. The summed E-state index contributed by atoms with van der Waals surface area (Å²) < 4.78 is 5.28. The van der Waals surface area contributed by atoms with Gasteiger partial charge in [0.15, 0.2) is 0 Å². The lowest BCUT2D eigenvalue weighted by Gasteiger charge is -2.11. The molecule has 76 valence electrons. The Hall–Kier alpha value is -0.940. The molecular weight excluding hydrogens is 200 g/mol. The fourth-order valence-corrected chi connectivity index (χ4v) is 2.20. The summed E-state index contributed by atoms with van der Waals surface area (Å²) in [5.74, 6) is 1.69. The molecule has 2 rings (SSSR count). The molecule has 2 N–H and O–H groups in total. The Labute approximate surface area is 86.4 Å². The van der Waals surface area contributed by atoms with E-state index >= 15 is 0 Å². The van der Waals surface area contributed by atoms with Crippen molar-refractivity contribution in [1.82, 2.24) is 4.90 Å². The summed E-state index contributed by atoms with van der Waals surface area (Å²) in [6, 6.07) is 1.90. The molecule has 1 amide bonds. The molecule has 1 aliphatic heterocycles. The van der Waals surface area contributed by atoms with E-state index in [1.165, 1.54) is 11.8 Å². The predicted molar refractivity (Wildman–Crippen MR) is 54.9 cm³/mol. The summed E-state index contributed by atoms with van der Waals surface area (Å²) >= 11 is 1.36. The molecule has 4 nitrogen and oxygen atoms in total. The van der Waals surface area contributed by atoms with Gasteiger partial charge in [-0.25, -0.2) is 0 Å². The Morgan fingerprint density at radius 2 is 2.50 bits per heavy atom. The third-order valence-corrected chi connectivity index (χ3v) is 3.03. The van der Waals surface area contributed by atoms with Crippen LogP contribution in [0.2, 0.25) is 0 Å². The number of nitrogens with zero attached hydrogens (tertiary/aromatic N) is 1. The maximum atomic E-state index is 11.3. The predicted octanol–water partition coefficient (Wildman–Crippen LogP) is 1.41. The molecule has 1 aliphatic rings. The fourth-order valence-electron chi connectivity index (χ4n) is 1.37. The summed E-state index contributed by atoms with van der Waals surface area (Å²) in [5, 5.41) is 0.135. The number of nitrogens with two attached hydrogens (primary N) is 1. The summed E-state index contributed by atoms with van der Waals surface area (Å²) in [7, 11) is 0. The van der Waals surface area contributed by atoms with E-state index in [4.69, 9.17) is 10.2 Å². The number of carbonyl (C=O) groups excluding carboxylic acids is 1. The van der Waals surface area contributed by atoms with E-state index in [9.17, 15) is 4.79 Å². The molecular formula is C9H12N2O2S. The lowest BCUT2D eigenvalue weighted by molar-refractivity contribution is 0.223. The lowest BCUT2D eigenvalue weighted by atomic mass is 10.3. The van der Waals surface area contributed by atoms with Crippen molar-refractivity contribution in [2.75, 3.05) is 12.3 Å². The van der Waals surface area contributed by atoms with Crippen LogP contribution in [-0.4, -0.2) is 22.4 Å². The Kier molecular flexibility index (Phi) is 2.79. The number of carbonyl (C=O) groups is 1. The Morgan fingerprint density at radius 1 is 1.64 bits per heavy atom. The van der Waals surface area contributed by atoms with E-state index < -0.39 is 0 Å². The second-order valence-electron chi connectivity index (χ2n) is 3.16. The Morgan fingerprint density at radius 3 is 3.07 bits per heavy atom. The third-order valence-electron chi connectivity index (χ3n) is 2.14. The van der Waals surface area contributed by atoms with Crippen molar-refractivity contribution in [3.8, 4) is 0 Å². The van der Waals surface area contributed by atoms with Crippen molar-refractivity contribution in [1.29, 1.82) is 0 Å². The van der Waals surface area contributed by atoms with Gasteiger partial charge in [0.05, 0.1) is 12.8 Å². The summed E-state index contributed by atoms with van der Waals surface area (Å²) in [5.41, 5.74) is 6.43. The number of hydrogen-bond acceptors (Lipinski definition) is 4. The van der Waals surface area contributed by atoms with Crippen molar-refractivity contribution in [2.24, 2.45) is 5.73 Å². The van der Waals surface area contributed by atoms with Gasteiger partial charge in [0.25, 0.3) is 5.24 Å². The maximum Gasteiger partial charge on any atom is 0.282 e. The second-order valence-corrected chi connectivity index (χ2v) is 4.21. The van der Waals surface area contributed by atoms with Crippen molar-refractivity contribution >= 4 is 17.0 Å². The standard InChI is InChI=1S/C9H12N2O2S/c10-4-7-3-8(13-6-7)5-11-1-2-14-9(11)12/h3,6H,1-2,4-5,10H2. The normalized spacial score (nSPS) is 16.6. The number of thioether (sulfide) groups is 1. The molecule has 1 aromatic heterocycles. The molecule has 0 unspecified atom stereocenters. The zero-order valence-electron chi connectivity index (χ0n) is 7.73. The first kappa shape index (κ1) is 9.61. The van der Waals surface area contributed by atoms with Crippen LogP contribution in [0.4, 0.5) is 4.79 Å². The SMILES string of the molecule is NCc1coc(CN2CCSC2=O)c1. The summed E-state index contributed by atoms with van der Waals surface area (Å²) in [4.78, 5) is 13.1. The quantitative estimate of drug-likeness (QED) is 0.823. The number of amides is 1. The molecule has 0 aromatic carbocycles. The molecule has 0 bridgehead atoms. The van der Waals surface area contributed by atoms with Gasteiger partial charge in [-0.3, -0.25) is 4.79 Å². The van der Waals surface area contributed by atoms with Crippen LogP contribution >= 0.6 is 11.8 Å². The fraction of sp³-hybridized carbons (Fsp3) is 0.444. The minimum absolute atomic E-state index is 0.135. The molecule has 0 aliphatic carbocycles. The van der Waals surface area contributed by atoms with E-state index in [2.05, 4.69) is 0 Å². The minimum Gasteiger partial charge on any atom is -0.467 e. The molecule has 0 spiro atoms. The summed E-state index contributed by atoms with van der Waals surface area (Å²) in [6.07, 6.45) is 1.64. The average Bonchev–Trinajstić information content (AvgIpc) is 2.77. The van der Waals surface area contributed by atoms with Gasteiger partial charge in [-0.1, -0.05) is 11.8 Å². The summed E-state index contributed by atoms with van der Waals surface area (Å²) in [6.45, 7) is 1.85. The number of furan rings is 1. The van der Waals surface area contributed by atoms with Crippen LogP contribution < -0.4 is 5.73 Å². The third kappa shape index (κ3) is 1.93. The van der Waals surface area contributed by atoms with Crippen LogP contribution in [0.15, 0.2) is 16.7 Å². The maximum absolute atomic E-state index is 11.3. The van der Waals surface area contributed by atoms with Crippen LogP contribution in [0, 0.1) is 0 Å². The van der Waals surface area contributed by atoms with Crippen LogP contribution in [0.3, 0.4) is 0 Å². The molecule has 0 radical (unpaired) electrons. The van der Waals surface area contributed by atoms with Crippen molar-refractivity contribution in [3.05, 3.63) is 23.7 Å². The van der Waals surface area contributed by atoms with Crippen molar-refractivity contribution in [3.63, 3.8) is 0 Å². The van der Waals surface area contributed by atoms with Gasteiger partial charge < -0.3 is 15.1 Å².